The molecule has 0 bridgehead atoms. The third-order valence-corrected chi connectivity index (χ3v) is 2.32. The van der Waals surface area contributed by atoms with Crippen molar-refractivity contribution in [3.8, 4) is 0 Å². The number of nitro groups is 1. The van der Waals surface area contributed by atoms with Gasteiger partial charge in [-0.2, -0.15) is 0 Å². The van der Waals surface area contributed by atoms with Crippen molar-refractivity contribution in [2.75, 3.05) is 0 Å². The monoisotopic (exact) mass is 248 g/mol. The zero-order valence-corrected chi connectivity index (χ0v) is 9.46. The lowest BCUT2D eigenvalue weighted by Gasteiger charge is -1.92. The van der Waals surface area contributed by atoms with Gasteiger partial charge in [0.25, 0.3) is 0 Å². The van der Waals surface area contributed by atoms with Crippen LogP contribution >= 0.6 is 0 Å². The summed E-state index contributed by atoms with van der Waals surface area (Å²) in [7, 11) is 0. The molecule has 0 fully saturated rings. The van der Waals surface area contributed by atoms with E-state index in [0.717, 1.165) is 0 Å². The summed E-state index contributed by atoms with van der Waals surface area (Å²) in [5, 5.41) is 14.4. The highest BCUT2D eigenvalue weighted by Gasteiger charge is 2.21. The van der Waals surface area contributed by atoms with Crippen LogP contribution in [0.25, 0.3) is 12.2 Å². The summed E-state index contributed by atoms with van der Waals surface area (Å²) in [6.45, 7) is 1.46. The normalized spacial score (nSPS) is 11.0. The second-order valence-corrected chi connectivity index (χ2v) is 3.62. The predicted molar refractivity (Wildman–Crippen MR) is 63.2 cm³/mol. The lowest BCUT2D eigenvalue weighted by atomic mass is 10.2. The molecule has 0 spiro atoms. The maximum absolute atomic E-state index is 12.9. The Morgan fingerprint density at radius 2 is 2.22 bits per heavy atom. The molecular weight excluding hydrogens is 239 g/mol. The molecule has 18 heavy (non-hydrogen) atoms. The molecule has 0 saturated heterocycles. The fraction of sp³-hybridized carbons (Fsp3) is 0.0833. The first-order valence-corrected chi connectivity index (χ1v) is 5.12. The Hall–Kier alpha value is -2.50. The first-order chi connectivity index (χ1) is 8.58. The van der Waals surface area contributed by atoms with Crippen molar-refractivity contribution in [1.29, 1.82) is 0 Å². The molecule has 0 amide bonds. The Labute approximate surface area is 102 Å². The first kappa shape index (κ1) is 12.0. The van der Waals surface area contributed by atoms with Crippen LogP contribution in [-0.2, 0) is 0 Å². The molecule has 1 aromatic carbocycles. The van der Waals surface area contributed by atoms with E-state index in [1.807, 2.05) is 0 Å². The Morgan fingerprint density at radius 1 is 1.44 bits per heavy atom. The van der Waals surface area contributed by atoms with Gasteiger partial charge in [-0.1, -0.05) is 23.4 Å². The number of benzene rings is 1. The highest BCUT2D eigenvalue weighted by molar-refractivity contribution is 5.72. The number of aromatic nitrogens is 1. The first-order valence-electron chi connectivity index (χ1n) is 5.12. The van der Waals surface area contributed by atoms with Gasteiger partial charge in [-0.3, -0.25) is 10.1 Å². The summed E-state index contributed by atoms with van der Waals surface area (Å²) < 4.78 is 17.7. The van der Waals surface area contributed by atoms with E-state index in [0.29, 0.717) is 5.56 Å². The maximum Gasteiger partial charge on any atom is 0.338 e. The van der Waals surface area contributed by atoms with Crippen molar-refractivity contribution in [3.63, 3.8) is 0 Å². The van der Waals surface area contributed by atoms with E-state index >= 15 is 0 Å². The maximum atomic E-state index is 12.9. The quantitative estimate of drug-likeness (QED) is 0.617. The summed E-state index contributed by atoms with van der Waals surface area (Å²) in [6, 6.07) is 5.87. The molecule has 2 aromatic rings. The van der Waals surface area contributed by atoms with Crippen molar-refractivity contribution in [3.05, 3.63) is 57.2 Å². The highest BCUT2D eigenvalue weighted by atomic mass is 19.1. The molecule has 92 valence electrons. The molecule has 0 aliphatic rings. The van der Waals surface area contributed by atoms with Gasteiger partial charge < -0.3 is 4.52 Å². The molecule has 0 radical (unpaired) electrons. The zero-order valence-electron chi connectivity index (χ0n) is 9.46. The highest BCUT2D eigenvalue weighted by Crippen LogP contribution is 2.24. The molecular formula is C12H9FN2O3. The average molecular weight is 248 g/mol. The Balaban J connectivity index is 2.32. The number of nitrogens with zero attached hydrogens (tertiary/aromatic N) is 2. The van der Waals surface area contributed by atoms with Crippen LogP contribution in [0.4, 0.5) is 10.1 Å². The smallest absolute Gasteiger partial charge is 0.338 e. The van der Waals surface area contributed by atoms with Gasteiger partial charge in [0.2, 0.25) is 5.76 Å². The van der Waals surface area contributed by atoms with Crippen LogP contribution in [0, 0.1) is 22.9 Å². The number of aryl methyl sites for hydroxylation is 1. The van der Waals surface area contributed by atoms with Crippen molar-refractivity contribution >= 4 is 17.8 Å². The van der Waals surface area contributed by atoms with Crippen molar-refractivity contribution in [2.45, 2.75) is 6.92 Å². The zero-order chi connectivity index (χ0) is 13.1. The number of rotatable bonds is 3. The van der Waals surface area contributed by atoms with Crippen LogP contribution in [0.1, 0.15) is 17.0 Å². The van der Waals surface area contributed by atoms with Gasteiger partial charge in [0.1, 0.15) is 5.82 Å². The van der Waals surface area contributed by atoms with Gasteiger partial charge >= 0.3 is 5.69 Å². The molecule has 2 rings (SSSR count). The number of hydrogen-bond acceptors (Lipinski definition) is 4. The molecule has 0 unspecified atom stereocenters. The van der Waals surface area contributed by atoms with Crippen LogP contribution < -0.4 is 0 Å². The van der Waals surface area contributed by atoms with Crippen LogP contribution in [-0.4, -0.2) is 10.1 Å². The van der Waals surface area contributed by atoms with E-state index in [4.69, 9.17) is 4.52 Å². The fourth-order valence-corrected chi connectivity index (χ4v) is 1.50. The summed E-state index contributed by atoms with van der Waals surface area (Å²) in [6.07, 6.45) is 2.96. The second-order valence-electron chi connectivity index (χ2n) is 3.62. The summed E-state index contributed by atoms with van der Waals surface area (Å²) in [5.41, 5.74) is 0.523. The standard InChI is InChI=1S/C12H9FN2O3/c1-8-12(15(16)17)11(14-18-8)6-5-9-3-2-4-10(13)7-9/h2-7H,1H3/b6-5+. The molecule has 0 atom stereocenters. The van der Waals surface area contributed by atoms with E-state index in [-0.39, 0.29) is 23.0 Å². The van der Waals surface area contributed by atoms with Crippen molar-refractivity contribution in [1.82, 2.24) is 5.16 Å². The molecule has 1 heterocycles. The van der Waals surface area contributed by atoms with E-state index in [1.165, 1.54) is 31.2 Å². The fourth-order valence-electron chi connectivity index (χ4n) is 1.50. The van der Waals surface area contributed by atoms with Crippen LogP contribution in [0.2, 0.25) is 0 Å². The predicted octanol–water partition coefficient (Wildman–Crippen LogP) is 3.20. The van der Waals surface area contributed by atoms with Gasteiger partial charge in [0.05, 0.1) is 4.92 Å². The lowest BCUT2D eigenvalue weighted by Crippen LogP contribution is -1.90. The molecule has 0 saturated carbocycles. The van der Waals surface area contributed by atoms with Gasteiger partial charge in [0, 0.05) is 6.92 Å². The summed E-state index contributed by atoms with van der Waals surface area (Å²) >= 11 is 0. The van der Waals surface area contributed by atoms with Gasteiger partial charge in [-0.05, 0) is 23.8 Å². The van der Waals surface area contributed by atoms with E-state index in [9.17, 15) is 14.5 Å². The summed E-state index contributed by atoms with van der Waals surface area (Å²) in [5.74, 6) is -0.234. The third kappa shape index (κ3) is 2.42. The Morgan fingerprint density at radius 3 is 2.89 bits per heavy atom. The van der Waals surface area contributed by atoms with Crippen molar-refractivity contribution in [2.24, 2.45) is 0 Å². The van der Waals surface area contributed by atoms with Crippen LogP contribution in [0.15, 0.2) is 28.8 Å². The number of halogens is 1. The second kappa shape index (κ2) is 4.79. The summed E-state index contributed by atoms with van der Waals surface area (Å²) in [4.78, 5) is 10.2. The van der Waals surface area contributed by atoms with Gasteiger partial charge in [-0.25, -0.2) is 4.39 Å². The molecule has 1 aromatic heterocycles. The molecule has 6 heteroatoms. The lowest BCUT2D eigenvalue weighted by molar-refractivity contribution is -0.386. The minimum atomic E-state index is -0.558. The van der Waals surface area contributed by atoms with E-state index in [1.54, 1.807) is 12.1 Å². The minimum absolute atomic E-state index is 0.113. The van der Waals surface area contributed by atoms with Crippen LogP contribution in [0.3, 0.4) is 0 Å². The minimum Gasteiger partial charge on any atom is -0.354 e. The molecule has 0 aliphatic carbocycles. The van der Waals surface area contributed by atoms with Crippen LogP contribution in [0.5, 0.6) is 0 Å². The topological polar surface area (TPSA) is 69.2 Å². The average Bonchev–Trinajstić information content (AvgIpc) is 2.68. The Kier molecular flexibility index (Phi) is 3.18. The number of hydrogen-bond donors (Lipinski definition) is 0. The Bertz CT molecular complexity index is 620. The van der Waals surface area contributed by atoms with Crippen molar-refractivity contribution < 1.29 is 13.8 Å². The SMILES string of the molecule is Cc1onc(/C=C/c2cccc(F)c2)c1[N+](=O)[O-]. The largest absolute Gasteiger partial charge is 0.354 e. The third-order valence-electron chi connectivity index (χ3n) is 2.32. The van der Waals surface area contributed by atoms with E-state index in [2.05, 4.69) is 5.16 Å². The van der Waals surface area contributed by atoms with Gasteiger partial charge in [-0.15, -0.1) is 0 Å². The van der Waals surface area contributed by atoms with E-state index < -0.39 is 4.92 Å². The van der Waals surface area contributed by atoms with Gasteiger partial charge in [0.15, 0.2) is 5.69 Å². The molecule has 0 N–H and O–H groups in total. The molecule has 5 nitrogen and oxygen atoms in total. The molecule has 0 aliphatic heterocycles.